The number of hydrogen-bond donors (Lipinski definition) is 1. The molecule has 2 aromatic rings. The predicted molar refractivity (Wildman–Crippen MR) is 82.3 cm³/mol. The van der Waals surface area contributed by atoms with Gasteiger partial charge in [0.25, 0.3) is 0 Å². The molecule has 5 nitrogen and oxygen atoms in total. The molecule has 0 saturated heterocycles. The fourth-order valence-electron chi connectivity index (χ4n) is 2.85. The molecule has 3 rings (SSSR count). The summed E-state index contributed by atoms with van der Waals surface area (Å²) in [6.07, 6.45) is 1.52. The molecule has 1 aliphatic heterocycles. The zero-order chi connectivity index (χ0) is 15.7. The molecule has 112 valence electrons. The summed E-state index contributed by atoms with van der Waals surface area (Å²) in [6, 6.07) is 11.4. The van der Waals surface area contributed by atoms with Crippen molar-refractivity contribution in [3.63, 3.8) is 0 Å². The van der Waals surface area contributed by atoms with Gasteiger partial charge in [-0.3, -0.25) is 9.69 Å². The molecule has 0 bridgehead atoms. The van der Waals surface area contributed by atoms with Gasteiger partial charge in [0.15, 0.2) is 5.75 Å². The van der Waals surface area contributed by atoms with Gasteiger partial charge in [-0.15, -0.1) is 0 Å². The largest absolute Gasteiger partial charge is 0.503 e. The standard InChI is InChI=1S/C17H17N3O2/c1-12(14-4-2-13(9-18)3-5-14)19-6-7-20-11-17(22)16(21)8-15(20)10-19/h2-5,8,11-12,22H,6-7,10H2,1H3. The lowest BCUT2D eigenvalue weighted by Gasteiger charge is -2.34. The molecule has 1 N–H and O–H groups in total. The highest BCUT2D eigenvalue weighted by Gasteiger charge is 2.22. The Hall–Kier alpha value is -2.58. The van der Waals surface area contributed by atoms with Gasteiger partial charge < -0.3 is 9.67 Å². The molecule has 0 spiro atoms. The highest BCUT2D eigenvalue weighted by molar-refractivity contribution is 5.33. The second-order valence-electron chi connectivity index (χ2n) is 5.59. The average Bonchev–Trinajstić information content (AvgIpc) is 2.55. The number of hydrogen-bond acceptors (Lipinski definition) is 4. The molecule has 0 saturated carbocycles. The third-order valence-corrected chi connectivity index (χ3v) is 4.26. The first-order chi connectivity index (χ1) is 10.6. The third-order valence-electron chi connectivity index (χ3n) is 4.26. The Morgan fingerprint density at radius 2 is 2.00 bits per heavy atom. The highest BCUT2D eigenvalue weighted by Crippen LogP contribution is 2.25. The minimum absolute atomic E-state index is 0.197. The molecule has 0 radical (unpaired) electrons. The normalized spacial score (nSPS) is 15.8. The molecular weight excluding hydrogens is 278 g/mol. The molecule has 1 aromatic carbocycles. The van der Waals surface area contributed by atoms with Gasteiger partial charge in [0.05, 0.1) is 17.8 Å². The monoisotopic (exact) mass is 295 g/mol. The number of aromatic hydroxyl groups is 1. The number of pyridine rings is 1. The first-order valence-electron chi connectivity index (χ1n) is 7.25. The highest BCUT2D eigenvalue weighted by atomic mass is 16.3. The van der Waals surface area contributed by atoms with Crippen LogP contribution in [0, 0.1) is 11.3 Å². The maximum absolute atomic E-state index is 11.6. The van der Waals surface area contributed by atoms with Crippen molar-refractivity contribution in [2.24, 2.45) is 0 Å². The van der Waals surface area contributed by atoms with Crippen molar-refractivity contribution in [2.75, 3.05) is 6.54 Å². The Morgan fingerprint density at radius 3 is 2.68 bits per heavy atom. The van der Waals surface area contributed by atoms with Gasteiger partial charge in [0.1, 0.15) is 0 Å². The third kappa shape index (κ3) is 2.61. The number of benzene rings is 1. The van der Waals surface area contributed by atoms with Gasteiger partial charge in [-0.2, -0.15) is 5.26 Å². The van der Waals surface area contributed by atoms with Crippen LogP contribution in [0.5, 0.6) is 5.75 Å². The van der Waals surface area contributed by atoms with Crippen molar-refractivity contribution in [1.29, 1.82) is 5.26 Å². The van der Waals surface area contributed by atoms with Crippen LogP contribution in [0.2, 0.25) is 0 Å². The van der Waals surface area contributed by atoms with Crippen molar-refractivity contribution in [3.8, 4) is 11.8 Å². The minimum atomic E-state index is -0.334. The molecule has 1 atom stereocenters. The van der Waals surface area contributed by atoms with Crippen molar-refractivity contribution in [1.82, 2.24) is 9.47 Å². The van der Waals surface area contributed by atoms with Crippen LogP contribution in [0.4, 0.5) is 0 Å². The minimum Gasteiger partial charge on any atom is -0.503 e. The van der Waals surface area contributed by atoms with E-state index in [1.807, 2.05) is 28.8 Å². The van der Waals surface area contributed by atoms with E-state index in [0.29, 0.717) is 12.1 Å². The van der Waals surface area contributed by atoms with Crippen LogP contribution in [-0.4, -0.2) is 21.1 Å². The van der Waals surface area contributed by atoms with Crippen LogP contribution >= 0.6 is 0 Å². The molecule has 2 heterocycles. The predicted octanol–water partition coefficient (Wildman–Crippen LogP) is 2.00. The van der Waals surface area contributed by atoms with Crippen LogP contribution < -0.4 is 5.43 Å². The first kappa shape index (κ1) is 14.4. The number of nitriles is 1. The van der Waals surface area contributed by atoms with E-state index in [0.717, 1.165) is 24.3 Å². The van der Waals surface area contributed by atoms with E-state index in [1.54, 1.807) is 0 Å². The van der Waals surface area contributed by atoms with Crippen LogP contribution in [-0.2, 0) is 13.1 Å². The van der Waals surface area contributed by atoms with Gasteiger partial charge in [-0.1, -0.05) is 12.1 Å². The lowest BCUT2D eigenvalue weighted by molar-refractivity contribution is 0.164. The summed E-state index contributed by atoms with van der Waals surface area (Å²) in [5.74, 6) is -0.197. The number of nitrogens with zero attached hydrogens (tertiary/aromatic N) is 3. The Morgan fingerprint density at radius 1 is 1.27 bits per heavy atom. The molecular formula is C17H17N3O2. The van der Waals surface area contributed by atoms with Gasteiger partial charge in [-0.25, -0.2) is 0 Å². The summed E-state index contributed by atoms with van der Waals surface area (Å²) in [5.41, 5.74) is 2.38. The summed E-state index contributed by atoms with van der Waals surface area (Å²) >= 11 is 0. The fourth-order valence-corrected chi connectivity index (χ4v) is 2.85. The Labute approximate surface area is 128 Å². The molecule has 1 aromatic heterocycles. The second kappa shape index (κ2) is 5.66. The van der Waals surface area contributed by atoms with E-state index in [2.05, 4.69) is 17.9 Å². The van der Waals surface area contributed by atoms with Gasteiger partial charge in [0, 0.05) is 37.4 Å². The smallest absolute Gasteiger partial charge is 0.223 e. The van der Waals surface area contributed by atoms with E-state index in [1.165, 1.54) is 12.3 Å². The number of fused-ring (bicyclic) bond motifs is 1. The molecule has 5 heteroatoms. The van der Waals surface area contributed by atoms with Gasteiger partial charge in [-0.05, 0) is 24.6 Å². The van der Waals surface area contributed by atoms with E-state index < -0.39 is 0 Å². The molecule has 1 unspecified atom stereocenters. The molecule has 1 aliphatic rings. The van der Waals surface area contributed by atoms with Crippen LogP contribution in [0.15, 0.2) is 41.3 Å². The van der Waals surface area contributed by atoms with Crippen molar-refractivity contribution in [3.05, 3.63) is 63.6 Å². The van der Waals surface area contributed by atoms with E-state index >= 15 is 0 Å². The fraction of sp³-hybridized carbons (Fsp3) is 0.294. The lowest BCUT2D eigenvalue weighted by atomic mass is 10.0. The second-order valence-corrected chi connectivity index (χ2v) is 5.59. The van der Waals surface area contributed by atoms with Crippen molar-refractivity contribution < 1.29 is 5.11 Å². The number of rotatable bonds is 2. The summed E-state index contributed by atoms with van der Waals surface area (Å²) in [4.78, 5) is 13.9. The van der Waals surface area contributed by atoms with E-state index in [-0.39, 0.29) is 17.2 Å². The average molecular weight is 295 g/mol. The quantitative estimate of drug-likeness (QED) is 0.920. The number of aromatic nitrogens is 1. The van der Waals surface area contributed by atoms with Crippen molar-refractivity contribution >= 4 is 0 Å². The Balaban J connectivity index is 1.82. The van der Waals surface area contributed by atoms with Gasteiger partial charge in [0.2, 0.25) is 5.43 Å². The topological polar surface area (TPSA) is 69.3 Å². The van der Waals surface area contributed by atoms with Crippen LogP contribution in [0.25, 0.3) is 0 Å². The Kier molecular flexibility index (Phi) is 3.70. The van der Waals surface area contributed by atoms with Gasteiger partial charge >= 0.3 is 0 Å². The van der Waals surface area contributed by atoms with E-state index in [4.69, 9.17) is 5.26 Å². The molecule has 0 amide bonds. The zero-order valence-electron chi connectivity index (χ0n) is 12.4. The maximum Gasteiger partial charge on any atom is 0.223 e. The first-order valence-corrected chi connectivity index (χ1v) is 7.25. The lowest BCUT2D eigenvalue weighted by Crippen LogP contribution is -2.36. The summed E-state index contributed by atoms with van der Waals surface area (Å²) in [7, 11) is 0. The SMILES string of the molecule is CC(c1ccc(C#N)cc1)N1CCn2cc(O)c(=O)cc2C1. The van der Waals surface area contributed by atoms with Crippen LogP contribution in [0.1, 0.15) is 29.8 Å². The summed E-state index contributed by atoms with van der Waals surface area (Å²) in [6.45, 7) is 4.37. The Bertz CT molecular complexity index is 787. The molecule has 0 fully saturated rings. The van der Waals surface area contributed by atoms with E-state index in [9.17, 15) is 9.90 Å². The van der Waals surface area contributed by atoms with Crippen molar-refractivity contribution in [2.45, 2.75) is 26.1 Å². The zero-order valence-corrected chi connectivity index (χ0v) is 12.4. The summed E-state index contributed by atoms with van der Waals surface area (Å²) in [5, 5.41) is 18.4. The van der Waals surface area contributed by atoms with Crippen LogP contribution in [0.3, 0.4) is 0 Å². The maximum atomic E-state index is 11.6. The molecule has 0 aliphatic carbocycles. The summed E-state index contributed by atoms with van der Waals surface area (Å²) < 4.78 is 1.93. The molecule has 22 heavy (non-hydrogen) atoms.